The van der Waals surface area contributed by atoms with Gasteiger partial charge in [-0.15, -0.1) is 0 Å². The van der Waals surface area contributed by atoms with Gasteiger partial charge in [-0.3, -0.25) is 0 Å². The van der Waals surface area contributed by atoms with Crippen molar-refractivity contribution in [1.82, 2.24) is 4.98 Å². The number of aromatic amines is 1. The summed E-state index contributed by atoms with van der Waals surface area (Å²) in [5.41, 5.74) is 2.51. The van der Waals surface area contributed by atoms with E-state index < -0.39 is 0 Å². The van der Waals surface area contributed by atoms with Gasteiger partial charge in [-0.05, 0) is 61.6 Å². The lowest BCUT2D eigenvalue weighted by Crippen LogP contribution is -2.28. The third-order valence-corrected chi connectivity index (χ3v) is 4.76. The second kappa shape index (κ2) is 7.09. The molecule has 0 bridgehead atoms. The summed E-state index contributed by atoms with van der Waals surface area (Å²) >= 11 is 0. The number of methoxy groups -OCH3 is 1. The van der Waals surface area contributed by atoms with Gasteiger partial charge < -0.3 is 19.2 Å². The van der Waals surface area contributed by atoms with Crippen LogP contribution in [0, 0.1) is 0 Å². The molecular formula is C21H23NO3. The average Bonchev–Trinajstić information content (AvgIpc) is 3.07. The fraction of sp³-hybridized carbons (Fsp3) is 0.333. The molecule has 4 heteroatoms. The minimum atomic E-state index is 0.151. The molecule has 0 fully saturated rings. The maximum absolute atomic E-state index is 6.02. The highest BCUT2D eigenvalue weighted by molar-refractivity contribution is 5.84. The topological polar surface area (TPSA) is 43.5 Å². The molecule has 1 N–H and O–H groups in total. The van der Waals surface area contributed by atoms with Crippen LogP contribution in [0.15, 0.2) is 48.7 Å². The third kappa shape index (κ3) is 3.43. The fourth-order valence-electron chi connectivity index (χ4n) is 3.38. The molecule has 1 aliphatic heterocycles. The largest absolute Gasteiger partial charge is 0.497 e. The first-order chi connectivity index (χ1) is 12.3. The Labute approximate surface area is 147 Å². The first kappa shape index (κ1) is 15.9. The van der Waals surface area contributed by atoms with Gasteiger partial charge in [0.2, 0.25) is 0 Å². The Morgan fingerprint density at radius 1 is 1.12 bits per heavy atom. The van der Waals surface area contributed by atoms with Crippen molar-refractivity contribution in [3.8, 4) is 17.2 Å². The molecule has 1 aliphatic rings. The molecule has 0 spiro atoms. The lowest BCUT2D eigenvalue weighted by molar-refractivity contribution is 0.0830. The summed E-state index contributed by atoms with van der Waals surface area (Å²) in [6.07, 6.45) is 6.58. The Bertz CT molecular complexity index is 855. The number of aryl methyl sites for hydroxylation is 1. The van der Waals surface area contributed by atoms with Crippen molar-refractivity contribution in [1.29, 1.82) is 0 Å². The zero-order valence-electron chi connectivity index (χ0n) is 14.5. The van der Waals surface area contributed by atoms with E-state index in [4.69, 9.17) is 14.2 Å². The van der Waals surface area contributed by atoms with Crippen LogP contribution < -0.4 is 14.2 Å². The van der Waals surface area contributed by atoms with Crippen LogP contribution in [0.5, 0.6) is 17.2 Å². The zero-order chi connectivity index (χ0) is 17.1. The van der Waals surface area contributed by atoms with E-state index in [9.17, 15) is 0 Å². The average molecular weight is 337 g/mol. The maximum atomic E-state index is 6.02. The number of aromatic nitrogens is 1. The van der Waals surface area contributed by atoms with Gasteiger partial charge in [-0.1, -0.05) is 12.1 Å². The molecule has 25 heavy (non-hydrogen) atoms. The molecule has 0 saturated carbocycles. The number of para-hydroxylation sites is 2. The number of hydrogen-bond acceptors (Lipinski definition) is 3. The number of hydrogen-bond donors (Lipinski definition) is 1. The summed E-state index contributed by atoms with van der Waals surface area (Å²) in [7, 11) is 1.71. The third-order valence-electron chi connectivity index (χ3n) is 4.76. The maximum Gasteiger partial charge on any atom is 0.161 e. The van der Waals surface area contributed by atoms with Crippen molar-refractivity contribution in [2.45, 2.75) is 31.8 Å². The molecule has 2 heterocycles. The summed E-state index contributed by atoms with van der Waals surface area (Å²) in [5.74, 6) is 2.62. The molecule has 0 radical (unpaired) electrons. The lowest BCUT2D eigenvalue weighted by Gasteiger charge is -2.26. The number of unbranched alkanes of at least 4 members (excludes halogenated alkanes) is 1. The Balaban J connectivity index is 1.30. The van der Waals surface area contributed by atoms with E-state index in [2.05, 4.69) is 23.3 Å². The highest BCUT2D eigenvalue weighted by Gasteiger charge is 2.19. The Kier molecular flexibility index (Phi) is 4.51. The van der Waals surface area contributed by atoms with Gasteiger partial charge in [0, 0.05) is 17.1 Å². The molecule has 0 aliphatic carbocycles. The number of H-pyrrole nitrogens is 1. The molecule has 1 unspecified atom stereocenters. The standard InChI is InChI=1S/C21H23NO3/c1-23-16-10-11-19-18(12-16)15(13-22-19)6-2-3-7-17-14-24-20-8-4-5-9-21(20)25-17/h4-5,8-13,17,22H,2-3,6-7,14H2,1H3. The van der Waals surface area contributed by atoms with Gasteiger partial charge in [0.15, 0.2) is 11.5 Å². The summed E-state index contributed by atoms with van der Waals surface area (Å²) in [6, 6.07) is 14.0. The molecule has 2 aromatic carbocycles. The number of nitrogens with one attached hydrogen (secondary N) is 1. The zero-order valence-corrected chi connectivity index (χ0v) is 14.5. The first-order valence-corrected chi connectivity index (χ1v) is 8.86. The van der Waals surface area contributed by atoms with E-state index in [0.717, 1.165) is 48.4 Å². The Hall–Kier alpha value is -2.62. The molecule has 4 rings (SSSR count). The molecular weight excluding hydrogens is 314 g/mol. The SMILES string of the molecule is COc1ccc2[nH]cc(CCCCC3COc4ccccc4O3)c2c1. The Morgan fingerprint density at radius 3 is 2.88 bits per heavy atom. The van der Waals surface area contributed by atoms with E-state index in [1.165, 1.54) is 10.9 Å². The minimum absolute atomic E-state index is 0.151. The molecule has 1 aromatic heterocycles. The monoisotopic (exact) mass is 337 g/mol. The highest BCUT2D eigenvalue weighted by atomic mass is 16.6. The highest BCUT2D eigenvalue weighted by Crippen LogP contribution is 2.32. The summed E-state index contributed by atoms with van der Waals surface area (Å²) in [4.78, 5) is 3.34. The Morgan fingerprint density at radius 2 is 2.00 bits per heavy atom. The minimum Gasteiger partial charge on any atom is -0.497 e. The van der Waals surface area contributed by atoms with E-state index in [0.29, 0.717) is 6.61 Å². The van der Waals surface area contributed by atoms with E-state index in [1.54, 1.807) is 7.11 Å². The van der Waals surface area contributed by atoms with E-state index in [1.807, 2.05) is 30.3 Å². The lowest BCUT2D eigenvalue weighted by atomic mass is 10.0. The van der Waals surface area contributed by atoms with Crippen LogP contribution >= 0.6 is 0 Å². The number of benzene rings is 2. The van der Waals surface area contributed by atoms with Crippen LogP contribution in [-0.2, 0) is 6.42 Å². The van der Waals surface area contributed by atoms with Crippen LogP contribution in [0.1, 0.15) is 24.8 Å². The van der Waals surface area contributed by atoms with Crippen LogP contribution in [0.3, 0.4) is 0 Å². The van der Waals surface area contributed by atoms with Crippen LogP contribution in [-0.4, -0.2) is 24.8 Å². The second-order valence-corrected chi connectivity index (χ2v) is 6.47. The summed E-state index contributed by atoms with van der Waals surface area (Å²) in [5, 5.41) is 1.26. The van der Waals surface area contributed by atoms with Crippen LogP contribution in [0.25, 0.3) is 10.9 Å². The van der Waals surface area contributed by atoms with Crippen LogP contribution in [0.4, 0.5) is 0 Å². The summed E-state index contributed by atoms with van der Waals surface area (Å²) < 4.78 is 17.1. The van der Waals surface area contributed by atoms with Crippen molar-refractivity contribution < 1.29 is 14.2 Å². The smallest absolute Gasteiger partial charge is 0.161 e. The van der Waals surface area contributed by atoms with Crippen molar-refractivity contribution in [2.75, 3.05) is 13.7 Å². The first-order valence-electron chi connectivity index (χ1n) is 8.86. The molecule has 0 amide bonds. The normalized spacial score (nSPS) is 16.1. The number of ether oxygens (including phenoxy) is 3. The van der Waals surface area contributed by atoms with Gasteiger partial charge in [-0.2, -0.15) is 0 Å². The van der Waals surface area contributed by atoms with E-state index >= 15 is 0 Å². The van der Waals surface area contributed by atoms with Crippen molar-refractivity contribution >= 4 is 10.9 Å². The van der Waals surface area contributed by atoms with Gasteiger partial charge in [0.1, 0.15) is 18.5 Å². The van der Waals surface area contributed by atoms with Crippen molar-refractivity contribution in [3.63, 3.8) is 0 Å². The number of rotatable bonds is 6. The predicted octanol–water partition coefficient (Wildman–Crippen LogP) is 4.73. The summed E-state index contributed by atoms with van der Waals surface area (Å²) in [6.45, 7) is 0.640. The van der Waals surface area contributed by atoms with Gasteiger partial charge in [0.05, 0.1) is 7.11 Å². The van der Waals surface area contributed by atoms with E-state index in [-0.39, 0.29) is 6.10 Å². The van der Waals surface area contributed by atoms with Gasteiger partial charge in [-0.25, -0.2) is 0 Å². The second-order valence-electron chi connectivity index (χ2n) is 6.47. The molecule has 0 saturated heterocycles. The van der Waals surface area contributed by atoms with Gasteiger partial charge in [0.25, 0.3) is 0 Å². The van der Waals surface area contributed by atoms with Gasteiger partial charge >= 0.3 is 0 Å². The van der Waals surface area contributed by atoms with Crippen LogP contribution in [0.2, 0.25) is 0 Å². The van der Waals surface area contributed by atoms with Crippen molar-refractivity contribution in [3.05, 3.63) is 54.2 Å². The number of fused-ring (bicyclic) bond motifs is 2. The molecule has 4 nitrogen and oxygen atoms in total. The molecule has 1 atom stereocenters. The molecule has 3 aromatic rings. The predicted molar refractivity (Wildman–Crippen MR) is 98.8 cm³/mol. The fourth-order valence-corrected chi connectivity index (χ4v) is 3.38. The quantitative estimate of drug-likeness (QED) is 0.661. The molecule has 130 valence electrons. The van der Waals surface area contributed by atoms with Crippen molar-refractivity contribution in [2.24, 2.45) is 0 Å².